The highest BCUT2D eigenvalue weighted by molar-refractivity contribution is 5.97. The first-order valence-corrected chi connectivity index (χ1v) is 7.72. The minimum atomic E-state index is -0.345. The Kier molecular flexibility index (Phi) is 4.50. The van der Waals surface area contributed by atoms with Gasteiger partial charge in [-0.2, -0.15) is 0 Å². The van der Waals surface area contributed by atoms with Crippen LogP contribution < -0.4 is 10.6 Å². The first kappa shape index (κ1) is 17.1. The zero-order valence-corrected chi connectivity index (χ0v) is 14.7. The number of aromatic nitrogens is 1. The minimum absolute atomic E-state index is 0.246. The van der Waals surface area contributed by atoms with E-state index in [0.29, 0.717) is 11.8 Å². The van der Waals surface area contributed by atoms with Crippen molar-refractivity contribution in [2.24, 2.45) is 0 Å². The predicted octanol–water partition coefficient (Wildman–Crippen LogP) is 4.08. The van der Waals surface area contributed by atoms with Crippen LogP contribution >= 0.6 is 0 Å². The van der Waals surface area contributed by atoms with Crippen LogP contribution in [-0.2, 0) is 0 Å². The maximum absolute atomic E-state index is 12.5. The van der Waals surface area contributed by atoms with Crippen LogP contribution in [-0.4, -0.2) is 22.0 Å². The number of amides is 1. The Bertz CT molecular complexity index is 677. The van der Waals surface area contributed by atoms with Crippen molar-refractivity contribution in [1.29, 1.82) is 0 Å². The lowest BCUT2D eigenvalue weighted by Crippen LogP contribution is -2.41. The van der Waals surface area contributed by atoms with Gasteiger partial charge in [-0.3, -0.25) is 4.79 Å². The maximum Gasteiger partial charge on any atom is 0.275 e. The van der Waals surface area contributed by atoms with Crippen molar-refractivity contribution in [1.82, 2.24) is 10.3 Å². The molecule has 2 N–H and O–H groups in total. The second kappa shape index (κ2) is 6.07. The van der Waals surface area contributed by atoms with Crippen LogP contribution in [0.2, 0.25) is 0 Å². The van der Waals surface area contributed by atoms with Gasteiger partial charge in [-0.1, -0.05) is 18.2 Å². The first-order valence-electron chi connectivity index (χ1n) is 7.72. The Morgan fingerprint density at radius 2 is 1.61 bits per heavy atom. The third-order valence-electron chi connectivity index (χ3n) is 2.84. The Morgan fingerprint density at radius 1 is 1.00 bits per heavy atom. The zero-order valence-electron chi connectivity index (χ0n) is 14.7. The maximum atomic E-state index is 12.5. The van der Waals surface area contributed by atoms with Crippen molar-refractivity contribution in [2.45, 2.75) is 52.6 Å². The van der Waals surface area contributed by atoms with Gasteiger partial charge >= 0.3 is 0 Å². The van der Waals surface area contributed by atoms with E-state index in [1.165, 1.54) is 0 Å². The molecule has 0 unspecified atom stereocenters. The summed E-state index contributed by atoms with van der Waals surface area (Å²) in [4.78, 5) is 16.9. The number of rotatable bonds is 3. The summed E-state index contributed by atoms with van der Waals surface area (Å²) >= 11 is 0. The fourth-order valence-electron chi connectivity index (χ4n) is 2.00. The van der Waals surface area contributed by atoms with Crippen molar-refractivity contribution in [3.63, 3.8) is 0 Å². The molecule has 2 rings (SSSR count). The minimum Gasteiger partial charge on any atom is -0.420 e. The van der Waals surface area contributed by atoms with Crippen LogP contribution in [0, 0.1) is 0 Å². The molecule has 0 bridgehead atoms. The SMILES string of the molecule is CC(C)(C)NC(=O)c1nc(-c2ccccc2)oc1NC(C)(C)C. The molecule has 5 nitrogen and oxygen atoms in total. The second-order valence-corrected chi connectivity index (χ2v) is 7.64. The summed E-state index contributed by atoms with van der Waals surface area (Å²) in [5.74, 6) is 0.560. The van der Waals surface area contributed by atoms with Gasteiger partial charge in [0.25, 0.3) is 5.91 Å². The largest absolute Gasteiger partial charge is 0.420 e. The van der Waals surface area contributed by atoms with Crippen LogP contribution in [0.3, 0.4) is 0 Å². The van der Waals surface area contributed by atoms with Crippen LogP contribution in [0.25, 0.3) is 11.5 Å². The molecular weight excluding hydrogens is 290 g/mol. The number of oxazole rings is 1. The molecule has 0 spiro atoms. The zero-order chi connectivity index (χ0) is 17.3. The molecule has 0 saturated heterocycles. The summed E-state index contributed by atoms with van der Waals surface area (Å²) in [5.41, 5.74) is 0.514. The van der Waals surface area contributed by atoms with Crippen LogP contribution in [0.15, 0.2) is 34.7 Å². The molecule has 5 heteroatoms. The molecule has 1 aromatic heterocycles. The lowest BCUT2D eigenvalue weighted by Gasteiger charge is -2.22. The smallest absolute Gasteiger partial charge is 0.275 e. The summed E-state index contributed by atoms with van der Waals surface area (Å²) < 4.78 is 5.83. The quantitative estimate of drug-likeness (QED) is 0.895. The third-order valence-corrected chi connectivity index (χ3v) is 2.84. The van der Waals surface area contributed by atoms with Gasteiger partial charge in [0.15, 0.2) is 5.69 Å². The lowest BCUT2D eigenvalue weighted by molar-refractivity contribution is 0.0915. The van der Waals surface area contributed by atoms with Gasteiger partial charge in [0.05, 0.1) is 0 Å². The van der Waals surface area contributed by atoms with Gasteiger partial charge < -0.3 is 15.1 Å². The van der Waals surface area contributed by atoms with Crippen LogP contribution in [0.5, 0.6) is 0 Å². The van der Waals surface area contributed by atoms with E-state index in [1.807, 2.05) is 71.9 Å². The molecule has 0 radical (unpaired) electrons. The summed E-state index contributed by atoms with van der Waals surface area (Å²) in [5, 5.41) is 6.14. The first-order chi connectivity index (χ1) is 10.6. The second-order valence-electron chi connectivity index (χ2n) is 7.64. The molecule has 0 aliphatic carbocycles. The average Bonchev–Trinajstić information content (AvgIpc) is 2.79. The van der Waals surface area contributed by atoms with E-state index < -0.39 is 0 Å². The molecule has 1 heterocycles. The van der Waals surface area contributed by atoms with Gasteiger partial charge in [-0.15, -0.1) is 0 Å². The molecule has 0 saturated carbocycles. The summed E-state index contributed by atoms with van der Waals surface area (Å²) in [6.45, 7) is 11.8. The Morgan fingerprint density at radius 3 is 2.13 bits per heavy atom. The number of benzene rings is 1. The standard InChI is InChI=1S/C18H25N3O2/c1-17(2,3)20-14(22)13-16(21-18(4,5)6)23-15(19-13)12-10-8-7-9-11-12/h7-11,21H,1-6H3,(H,20,22). The number of carbonyl (C=O) groups is 1. The Labute approximate surface area is 137 Å². The van der Waals surface area contributed by atoms with E-state index in [-0.39, 0.29) is 22.7 Å². The fourth-order valence-corrected chi connectivity index (χ4v) is 2.00. The highest BCUT2D eigenvalue weighted by Crippen LogP contribution is 2.28. The highest BCUT2D eigenvalue weighted by Gasteiger charge is 2.26. The average molecular weight is 315 g/mol. The monoisotopic (exact) mass is 315 g/mol. The Balaban J connectivity index is 2.42. The predicted molar refractivity (Wildman–Crippen MR) is 92.5 cm³/mol. The number of nitrogens with one attached hydrogen (secondary N) is 2. The lowest BCUT2D eigenvalue weighted by atomic mass is 10.1. The number of anilines is 1. The van der Waals surface area contributed by atoms with Gasteiger partial charge in [0, 0.05) is 16.6 Å². The Hall–Kier alpha value is -2.30. The van der Waals surface area contributed by atoms with E-state index in [2.05, 4.69) is 15.6 Å². The van der Waals surface area contributed by atoms with Crippen molar-refractivity contribution in [3.05, 3.63) is 36.0 Å². The van der Waals surface area contributed by atoms with Gasteiger partial charge in [-0.05, 0) is 53.7 Å². The van der Waals surface area contributed by atoms with Crippen molar-refractivity contribution in [3.8, 4) is 11.5 Å². The normalized spacial score (nSPS) is 12.1. The molecule has 1 aromatic carbocycles. The van der Waals surface area contributed by atoms with Crippen molar-refractivity contribution < 1.29 is 9.21 Å². The molecule has 0 aliphatic heterocycles. The third kappa shape index (κ3) is 4.84. The summed E-state index contributed by atoms with van der Waals surface area (Å²) in [6, 6.07) is 9.54. The van der Waals surface area contributed by atoms with Crippen LogP contribution in [0.4, 0.5) is 5.88 Å². The summed E-state index contributed by atoms with van der Waals surface area (Å²) in [6.07, 6.45) is 0. The van der Waals surface area contributed by atoms with Gasteiger partial charge in [0.2, 0.25) is 11.8 Å². The fraction of sp³-hybridized carbons (Fsp3) is 0.444. The van der Waals surface area contributed by atoms with Crippen LogP contribution in [0.1, 0.15) is 52.0 Å². The number of hydrogen-bond acceptors (Lipinski definition) is 4. The molecule has 1 amide bonds. The van der Waals surface area contributed by atoms with E-state index in [0.717, 1.165) is 5.56 Å². The number of nitrogens with zero attached hydrogens (tertiary/aromatic N) is 1. The molecule has 0 fully saturated rings. The van der Waals surface area contributed by atoms with E-state index in [4.69, 9.17) is 4.42 Å². The summed E-state index contributed by atoms with van der Waals surface area (Å²) in [7, 11) is 0. The van der Waals surface area contributed by atoms with Crippen molar-refractivity contribution in [2.75, 3.05) is 5.32 Å². The molecular formula is C18H25N3O2. The number of hydrogen-bond donors (Lipinski definition) is 2. The van der Waals surface area contributed by atoms with E-state index in [9.17, 15) is 4.79 Å². The molecule has 0 atom stereocenters. The number of carbonyl (C=O) groups excluding carboxylic acids is 1. The van der Waals surface area contributed by atoms with Crippen molar-refractivity contribution >= 4 is 11.8 Å². The van der Waals surface area contributed by atoms with E-state index in [1.54, 1.807) is 0 Å². The van der Waals surface area contributed by atoms with E-state index >= 15 is 0 Å². The van der Waals surface area contributed by atoms with Gasteiger partial charge in [-0.25, -0.2) is 4.98 Å². The van der Waals surface area contributed by atoms with Gasteiger partial charge in [0.1, 0.15) is 0 Å². The molecule has 0 aliphatic rings. The highest BCUT2D eigenvalue weighted by atomic mass is 16.4. The molecule has 124 valence electrons. The topological polar surface area (TPSA) is 67.2 Å². The molecule has 23 heavy (non-hydrogen) atoms. The molecule has 2 aromatic rings.